The Hall–Kier alpha value is -1.69. The number of carboxylic acids is 1. The minimum Gasteiger partial charge on any atom is -0.477 e. The molecule has 1 aliphatic carbocycles. The number of carboxylic acid groups (broad SMARTS) is 1. The summed E-state index contributed by atoms with van der Waals surface area (Å²) in [4.78, 5) is 20.7. The Balaban J connectivity index is 1.92. The molecule has 1 fully saturated rings. The number of aromatic nitrogens is 2. The second-order valence-electron chi connectivity index (χ2n) is 6.03. The van der Waals surface area contributed by atoms with E-state index in [2.05, 4.69) is 29.1 Å². The first-order valence-electron chi connectivity index (χ1n) is 6.61. The van der Waals surface area contributed by atoms with Gasteiger partial charge in [-0.1, -0.05) is 13.8 Å². The third kappa shape index (κ3) is 2.14. The molecule has 5 nitrogen and oxygen atoms in total. The van der Waals surface area contributed by atoms with E-state index in [4.69, 9.17) is 0 Å². The Morgan fingerprint density at radius 2 is 2.25 bits per heavy atom. The predicted molar refractivity (Wildman–Crippen MR) is 79.5 cm³/mol. The van der Waals surface area contributed by atoms with Gasteiger partial charge in [0.1, 0.15) is 21.9 Å². The summed E-state index contributed by atoms with van der Waals surface area (Å²) < 4.78 is 0. The fourth-order valence-electron chi connectivity index (χ4n) is 2.55. The van der Waals surface area contributed by atoms with Crippen LogP contribution < -0.4 is 5.32 Å². The highest BCUT2D eigenvalue weighted by Crippen LogP contribution is 2.51. The van der Waals surface area contributed by atoms with E-state index in [9.17, 15) is 9.90 Å². The third-order valence-corrected chi connectivity index (χ3v) is 5.34. The number of nitrogens with one attached hydrogen (secondary N) is 1. The topological polar surface area (TPSA) is 75.1 Å². The van der Waals surface area contributed by atoms with Gasteiger partial charge in [-0.15, -0.1) is 11.3 Å². The van der Waals surface area contributed by atoms with E-state index < -0.39 is 5.97 Å². The Kier molecular flexibility index (Phi) is 2.93. The normalized spacial score (nSPS) is 20.1. The van der Waals surface area contributed by atoms with E-state index in [0.717, 1.165) is 28.1 Å². The summed E-state index contributed by atoms with van der Waals surface area (Å²) in [6, 6.07) is 0. The van der Waals surface area contributed by atoms with Crippen LogP contribution >= 0.6 is 11.3 Å². The molecule has 0 bridgehead atoms. The first-order chi connectivity index (χ1) is 9.40. The van der Waals surface area contributed by atoms with Crippen molar-refractivity contribution < 1.29 is 9.90 Å². The zero-order valence-corrected chi connectivity index (χ0v) is 12.5. The second-order valence-corrected chi connectivity index (χ2v) is 7.03. The van der Waals surface area contributed by atoms with E-state index in [-0.39, 0.29) is 0 Å². The minimum absolute atomic E-state index is 0.343. The van der Waals surface area contributed by atoms with Crippen LogP contribution in [0, 0.1) is 18.3 Å². The fraction of sp³-hybridized carbons (Fsp3) is 0.500. The molecule has 3 rings (SSSR count). The number of fused-ring (bicyclic) bond motifs is 1. The first-order valence-corrected chi connectivity index (χ1v) is 7.43. The summed E-state index contributed by atoms with van der Waals surface area (Å²) in [7, 11) is 0. The van der Waals surface area contributed by atoms with Gasteiger partial charge in [-0.3, -0.25) is 0 Å². The van der Waals surface area contributed by atoms with Crippen molar-refractivity contribution in [3.8, 4) is 0 Å². The molecule has 106 valence electrons. The number of aryl methyl sites for hydroxylation is 1. The molecule has 2 aromatic rings. The molecule has 0 radical (unpaired) electrons. The van der Waals surface area contributed by atoms with E-state index >= 15 is 0 Å². The largest absolute Gasteiger partial charge is 0.477 e. The average Bonchev–Trinajstić information content (AvgIpc) is 2.83. The highest BCUT2D eigenvalue weighted by Gasteiger charge is 2.45. The van der Waals surface area contributed by atoms with Gasteiger partial charge in [-0.2, -0.15) is 0 Å². The molecular formula is C14H17N3O2S. The maximum Gasteiger partial charge on any atom is 0.346 e. The lowest BCUT2D eigenvalue weighted by Crippen LogP contribution is -2.09. The molecule has 2 heterocycles. The van der Waals surface area contributed by atoms with Crippen molar-refractivity contribution in [2.45, 2.75) is 27.2 Å². The zero-order chi connectivity index (χ0) is 14.5. The van der Waals surface area contributed by atoms with Crippen molar-refractivity contribution in [1.82, 2.24) is 9.97 Å². The number of anilines is 1. The summed E-state index contributed by atoms with van der Waals surface area (Å²) >= 11 is 1.21. The van der Waals surface area contributed by atoms with Gasteiger partial charge in [-0.25, -0.2) is 14.8 Å². The number of rotatable bonds is 4. The molecule has 2 N–H and O–H groups in total. The molecule has 1 atom stereocenters. The number of hydrogen-bond acceptors (Lipinski definition) is 5. The number of aromatic carboxylic acids is 1. The van der Waals surface area contributed by atoms with Crippen LogP contribution in [-0.4, -0.2) is 27.6 Å². The van der Waals surface area contributed by atoms with E-state index in [0.29, 0.717) is 16.2 Å². The Morgan fingerprint density at radius 1 is 1.55 bits per heavy atom. The number of hydrogen-bond donors (Lipinski definition) is 2. The van der Waals surface area contributed by atoms with Gasteiger partial charge in [0, 0.05) is 6.54 Å². The molecule has 1 aliphatic rings. The monoisotopic (exact) mass is 291 g/mol. The van der Waals surface area contributed by atoms with Crippen molar-refractivity contribution in [3.63, 3.8) is 0 Å². The number of thiophene rings is 1. The molecule has 0 saturated heterocycles. The van der Waals surface area contributed by atoms with Gasteiger partial charge in [0.05, 0.1) is 5.39 Å². The van der Waals surface area contributed by atoms with Gasteiger partial charge < -0.3 is 10.4 Å². The van der Waals surface area contributed by atoms with Crippen LogP contribution in [0.1, 0.15) is 35.5 Å². The summed E-state index contributed by atoms with van der Waals surface area (Å²) in [5.74, 6) is 0.504. The van der Waals surface area contributed by atoms with Gasteiger partial charge in [0.15, 0.2) is 0 Å². The molecule has 2 aromatic heterocycles. The number of carbonyl (C=O) groups is 1. The van der Waals surface area contributed by atoms with Crippen molar-refractivity contribution in [1.29, 1.82) is 0 Å². The molecular weight excluding hydrogens is 274 g/mol. The van der Waals surface area contributed by atoms with Crippen LogP contribution in [0.3, 0.4) is 0 Å². The van der Waals surface area contributed by atoms with Crippen LogP contribution in [0.5, 0.6) is 0 Å². The van der Waals surface area contributed by atoms with Crippen molar-refractivity contribution in [3.05, 3.63) is 16.8 Å². The highest BCUT2D eigenvalue weighted by atomic mass is 32.1. The Labute approximate surface area is 121 Å². The lowest BCUT2D eigenvalue weighted by molar-refractivity contribution is 0.0701. The summed E-state index contributed by atoms with van der Waals surface area (Å²) in [6.07, 6.45) is 2.71. The van der Waals surface area contributed by atoms with Crippen LogP contribution in [0.4, 0.5) is 5.82 Å². The smallest absolute Gasteiger partial charge is 0.346 e. The number of nitrogens with zero attached hydrogens (tertiary/aromatic N) is 2. The first kappa shape index (κ1) is 13.3. The standard InChI is InChI=1S/C14H17N3O2S/c1-7-9-11(15-5-8-4-14(8,2)3)16-6-17-12(9)20-10(7)13(18)19/h6,8H,4-5H2,1-3H3,(H,18,19)(H,15,16,17). The summed E-state index contributed by atoms with van der Waals surface area (Å²) in [5.41, 5.74) is 1.16. The molecule has 1 saturated carbocycles. The lowest BCUT2D eigenvalue weighted by atomic mass is 10.1. The van der Waals surface area contributed by atoms with Crippen LogP contribution in [0.2, 0.25) is 0 Å². The lowest BCUT2D eigenvalue weighted by Gasteiger charge is -2.08. The quantitative estimate of drug-likeness (QED) is 0.905. The van der Waals surface area contributed by atoms with Crippen LogP contribution in [0.25, 0.3) is 10.2 Å². The van der Waals surface area contributed by atoms with Gasteiger partial charge >= 0.3 is 5.97 Å². The Morgan fingerprint density at radius 3 is 2.85 bits per heavy atom. The van der Waals surface area contributed by atoms with E-state index in [1.165, 1.54) is 24.1 Å². The predicted octanol–water partition coefficient (Wildman–Crippen LogP) is 3.16. The molecule has 6 heteroatoms. The molecule has 0 aliphatic heterocycles. The van der Waals surface area contributed by atoms with E-state index in [1.54, 1.807) is 0 Å². The minimum atomic E-state index is -0.903. The Bertz CT molecular complexity index is 693. The maximum absolute atomic E-state index is 11.2. The van der Waals surface area contributed by atoms with Crippen molar-refractivity contribution in [2.75, 3.05) is 11.9 Å². The van der Waals surface area contributed by atoms with Crippen LogP contribution in [-0.2, 0) is 0 Å². The molecule has 0 amide bonds. The molecule has 0 spiro atoms. The summed E-state index contributed by atoms with van der Waals surface area (Å²) in [5, 5.41) is 13.4. The van der Waals surface area contributed by atoms with Gasteiger partial charge in [-0.05, 0) is 30.2 Å². The van der Waals surface area contributed by atoms with Crippen molar-refractivity contribution in [2.24, 2.45) is 11.3 Å². The average molecular weight is 291 g/mol. The zero-order valence-electron chi connectivity index (χ0n) is 11.7. The van der Waals surface area contributed by atoms with Crippen molar-refractivity contribution >= 4 is 33.3 Å². The maximum atomic E-state index is 11.2. The van der Waals surface area contributed by atoms with Crippen LogP contribution in [0.15, 0.2) is 6.33 Å². The molecule has 0 aromatic carbocycles. The second kappa shape index (κ2) is 4.41. The van der Waals surface area contributed by atoms with Gasteiger partial charge in [0.2, 0.25) is 0 Å². The SMILES string of the molecule is Cc1c(C(=O)O)sc2ncnc(NCC3CC3(C)C)c12. The third-order valence-electron chi connectivity index (χ3n) is 4.15. The molecule has 1 unspecified atom stereocenters. The molecule has 20 heavy (non-hydrogen) atoms. The highest BCUT2D eigenvalue weighted by molar-refractivity contribution is 7.20. The fourth-order valence-corrected chi connectivity index (χ4v) is 3.54. The van der Waals surface area contributed by atoms with Gasteiger partial charge in [0.25, 0.3) is 0 Å². The van der Waals surface area contributed by atoms with E-state index in [1.807, 2.05) is 6.92 Å². The summed E-state index contributed by atoms with van der Waals surface area (Å²) in [6.45, 7) is 7.20.